The van der Waals surface area contributed by atoms with Crippen molar-refractivity contribution in [3.05, 3.63) is 46.7 Å². The van der Waals surface area contributed by atoms with Crippen LogP contribution >= 0.6 is 11.6 Å². The van der Waals surface area contributed by atoms with Crippen LogP contribution < -0.4 is 0 Å². The first-order valence-corrected chi connectivity index (χ1v) is 6.10. The van der Waals surface area contributed by atoms with Gasteiger partial charge in [-0.1, -0.05) is 17.7 Å². The second kappa shape index (κ2) is 4.10. The van der Waals surface area contributed by atoms with Crippen LogP contribution in [0.25, 0.3) is 22.4 Å². The molecule has 0 spiro atoms. The molecule has 3 nitrogen and oxygen atoms in total. The molecule has 0 amide bonds. The third-order valence-corrected chi connectivity index (χ3v) is 3.17. The highest BCUT2D eigenvalue weighted by atomic mass is 35.5. The zero-order valence-corrected chi connectivity index (χ0v) is 10.9. The van der Waals surface area contributed by atoms with Gasteiger partial charge in [0.15, 0.2) is 0 Å². The van der Waals surface area contributed by atoms with Crippen molar-refractivity contribution in [2.45, 2.75) is 13.8 Å². The summed E-state index contributed by atoms with van der Waals surface area (Å²) in [5.74, 6) is 0.761. The first kappa shape index (κ1) is 11.2. The molecular weight excluding hydrogens is 246 g/mol. The lowest BCUT2D eigenvalue weighted by Gasteiger charge is -2.00. The molecule has 4 heteroatoms. The zero-order valence-electron chi connectivity index (χ0n) is 10.2. The first-order valence-electron chi connectivity index (χ1n) is 5.72. The fourth-order valence-electron chi connectivity index (χ4n) is 1.97. The molecule has 0 aliphatic rings. The maximum atomic E-state index is 6.12. The van der Waals surface area contributed by atoms with Crippen LogP contribution in [-0.2, 0) is 0 Å². The fourth-order valence-corrected chi connectivity index (χ4v) is 2.16. The van der Waals surface area contributed by atoms with E-state index >= 15 is 0 Å². The summed E-state index contributed by atoms with van der Waals surface area (Å²) in [4.78, 5) is 12.0. The molecule has 0 aliphatic heterocycles. The van der Waals surface area contributed by atoms with E-state index in [-0.39, 0.29) is 0 Å². The fraction of sp³-hybridized carbons (Fsp3) is 0.143. The Balaban J connectivity index is 2.22. The van der Waals surface area contributed by atoms with Gasteiger partial charge in [0.05, 0.1) is 16.6 Å². The van der Waals surface area contributed by atoms with Crippen LogP contribution in [0.4, 0.5) is 0 Å². The van der Waals surface area contributed by atoms with E-state index in [1.807, 2.05) is 25.1 Å². The summed E-state index contributed by atoms with van der Waals surface area (Å²) < 4.78 is 0. The minimum absolute atomic E-state index is 0.469. The van der Waals surface area contributed by atoms with Crippen LogP contribution in [0.3, 0.4) is 0 Å². The lowest BCUT2D eigenvalue weighted by atomic mass is 10.2. The van der Waals surface area contributed by atoms with Gasteiger partial charge in [-0.3, -0.25) is 0 Å². The number of aromatic nitrogens is 3. The van der Waals surface area contributed by atoms with E-state index in [0.717, 1.165) is 28.0 Å². The molecule has 0 bridgehead atoms. The summed E-state index contributed by atoms with van der Waals surface area (Å²) >= 11 is 6.12. The molecule has 3 aromatic rings. The predicted octanol–water partition coefficient (Wildman–Crippen LogP) is 3.90. The molecule has 0 atom stereocenters. The summed E-state index contributed by atoms with van der Waals surface area (Å²) in [6.07, 6.45) is 1.75. The van der Waals surface area contributed by atoms with Crippen molar-refractivity contribution < 1.29 is 0 Å². The number of aromatic amines is 1. The van der Waals surface area contributed by atoms with Crippen LogP contribution in [0.5, 0.6) is 0 Å². The maximum Gasteiger partial charge on any atom is 0.141 e. The number of hydrogen-bond acceptors (Lipinski definition) is 2. The highest BCUT2D eigenvalue weighted by Gasteiger charge is 2.10. The van der Waals surface area contributed by atoms with Crippen molar-refractivity contribution >= 4 is 22.6 Å². The average Bonchev–Trinajstić information content (AvgIpc) is 2.74. The Bertz CT molecular complexity index is 731. The number of fused-ring (bicyclic) bond motifs is 1. The Morgan fingerprint density at radius 3 is 2.78 bits per heavy atom. The van der Waals surface area contributed by atoms with Crippen LogP contribution in [-0.4, -0.2) is 15.0 Å². The van der Waals surface area contributed by atoms with Gasteiger partial charge in [0.1, 0.15) is 11.0 Å². The number of pyridine rings is 1. The third-order valence-electron chi connectivity index (χ3n) is 2.87. The van der Waals surface area contributed by atoms with Crippen molar-refractivity contribution in [2.75, 3.05) is 0 Å². The van der Waals surface area contributed by atoms with E-state index in [4.69, 9.17) is 11.6 Å². The SMILES string of the molecule is Cc1cnc(Cl)c(-c2nc3ccc(C)cc3[nH]2)c1. The van der Waals surface area contributed by atoms with Gasteiger partial charge in [0, 0.05) is 6.20 Å². The van der Waals surface area contributed by atoms with Crippen LogP contribution in [0.2, 0.25) is 5.15 Å². The van der Waals surface area contributed by atoms with Gasteiger partial charge in [0.25, 0.3) is 0 Å². The molecule has 0 fully saturated rings. The van der Waals surface area contributed by atoms with Gasteiger partial charge in [0.2, 0.25) is 0 Å². The Morgan fingerprint density at radius 1 is 1.11 bits per heavy atom. The maximum absolute atomic E-state index is 6.12. The first-order chi connectivity index (χ1) is 8.63. The summed E-state index contributed by atoms with van der Waals surface area (Å²) in [5.41, 5.74) is 5.05. The molecular formula is C14H12ClN3. The molecule has 1 aromatic carbocycles. The number of aryl methyl sites for hydroxylation is 2. The van der Waals surface area contributed by atoms with E-state index < -0.39 is 0 Å². The van der Waals surface area contributed by atoms with Crippen molar-refractivity contribution in [1.29, 1.82) is 0 Å². The van der Waals surface area contributed by atoms with Gasteiger partial charge in [-0.05, 0) is 43.2 Å². The number of imidazole rings is 1. The van der Waals surface area contributed by atoms with Gasteiger partial charge >= 0.3 is 0 Å². The number of halogens is 1. The Hall–Kier alpha value is -1.87. The smallest absolute Gasteiger partial charge is 0.141 e. The number of H-pyrrole nitrogens is 1. The topological polar surface area (TPSA) is 41.6 Å². The molecule has 18 heavy (non-hydrogen) atoms. The molecule has 0 radical (unpaired) electrons. The Labute approximate surface area is 110 Å². The summed E-state index contributed by atoms with van der Waals surface area (Å²) in [7, 11) is 0. The van der Waals surface area contributed by atoms with Gasteiger partial charge < -0.3 is 4.98 Å². The summed E-state index contributed by atoms with van der Waals surface area (Å²) in [5, 5.41) is 0.469. The summed E-state index contributed by atoms with van der Waals surface area (Å²) in [6, 6.07) is 8.10. The molecule has 2 heterocycles. The molecule has 0 saturated heterocycles. The van der Waals surface area contributed by atoms with Crippen molar-refractivity contribution in [2.24, 2.45) is 0 Å². The van der Waals surface area contributed by atoms with Crippen molar-refractivity contribution in [3.63, 3.8) is 0 Å². The van der Waals surface area contributed by atoms with Crippen LogP contribution in [0.1, 0.15) is 11.1 Å². The molecule has 0 saturated carbocycles. The molecule has 2 aromatic heterocycles. The second-order valence-corrected chi connectivity index (χ2v) is 4.82. The number of hydrogen-bond donors (Lipinski definition) is 1. The largest absolute Gasteiger partial charge is 0.338 e. The Kier molecular flexibility index (Phi) is 2.56. The lowest BCUT2D eigenvalue weighted by Crippen LogP contribution is -1.87. The van der Waals surface area contributed by atoms with E-state index in [2.05, 4.69) is 27.9 Å². The van der Waals surface area contributed by atoms with E-state index in [9.17, 15) is 0 Å². The van der Waals surface area contributed by atoms with Gasteiger partial charge in [-0.2, -0.15) is 0 Å². The number of rotatable bonds is 1. The van der Waals surface area contributed by atoms with E-state index in [1.54, 1.807) is 6.20 Å². The highest BCUT2D eigenvalue weighted by Crippen LogP contribution is 2.26. The van der Waals surface area contributed by atoms with Crippen molar-refractivity contribution in [3.8, 4) is 11.4 Å². The van der Waals surface area contributed by atoms with E-state index in [1.165, 1.54) is 5.56 Å². The number of nitrogens with one attached hydrogen (secondary N) is 1. The quantitative estimate of drug-likeness (QED) is 0.672. The van der Waals surface area contributed by atoms with Gasteiger partial charge in [-0.25, -0.2) is 9.97 Å². The van der Waals surface area contributed by atoms with Gasteiger partial charge in [-0.15, -0.1) is 0 Å². The molecule has 90 valence electrons. The molecule has 0 unspecified atom stereocenters. The number of benzene rings is 1. The molecule has 3 rings (SSSR count). The minimum Gasteiger partial charge on any atom is -0.338 e. The van der Waals surface area contributed by atoms with E-state index in [0.29, 0.717) is 5.15 Å². The van der Waals surface area contributed by atoms with Crippen LogP contribution in [0, 0.1) is 13.8 Å². The normalized spacial score (nSPS) is 11.1. The standard InChI is InChI=1S/C14H12ClN3/c1-8-3-4-11-12(6-8)18-14(17-11)10-5-9(2)7-16-13(10)15/h3-7H,1-2H3,(H,17,18). The summed E-state index contributed by atoms with van der Waals surface area (Å²) in [6.45, 7) is 4.04. The monoisotopic (exact) mass is 257 g/mol. The molecule has 1 N–H and O–H groups in total. The zero-order chi connectivity index (χ0) is 12.7. The Morgan fingerprint density at radius 2 is 1.94 bits per heavy atom. The number of nitrogens with zero attached hydrogens (tertiary/aromatic N) is 2. The molecule has 0 aliphatic carbocycles. The second-order valence-electron chi connectivity index (χ2n) is 4.46. The average molecular weight is 258 g/mol. The lowest BCUT2D eigenvalue weighted by molar-refractivity contribution is 1.24. The predicted molar refractivity (Wildman–Crippen MR) is 73.8 cm³/mol. The van der Waals surface area contributed by atoms with Crippen LogP contribution in [0.15, 0.2) is 30.5 Å². The van der Waals surface area contributed by atoms with Crippen molar-refractivity contribution in [1.82, 2.24) is 15.0 Å². The third kappa shape index (κ3) is 1.87. The highest BCUT2D eigenvalue weighted by molar-refractivity contribution is 6.32. The minimum atomic E-state index is 0.469.